The summed E-state index contributed by atoms with van der Waals surface area (Å²) in [5.74, 6) is -1.02. The summed E-state index contributed by atoms with van der Waals surface area (Å²) in [5.41, 5.74) is 0.971. The number of ether oxygens (including phenoxy) is 3. The maximum atomic E-state index is 13.6. The number of amides is 1. The Morgan fingerprint density at radius 2 is 1.76 bits per heavy atom. The first-order valence-corrected chi connectivity index (χ1v) is 11.0. The number of likely N-dealkylation sites (tertiary alicyclic amines) is 1. The van der Waals surface area contributed by atoms with E-state index in [4.69, 9.17) is 14.2 Å². The lowest BCUT2D eigenvalue weighted by Crippen LogP contribution is -3.14. The largest absolute Gasteiger partial charge is 0.872 e. The van der Waals surface area contributed by atoms with Crippen LogP contribution in [0.25, 0.3) is 5.76 Å². The summed E-state index contributed by atoms with van der Waals surface area (Å²) >= 11 is 0. The van der Waals surface area contributed by atoms with Crippen molar-refractivity contribution in [3.05, 3.63) is 65.2 Å². The number of quaternary nitrogens is 1. The second-order valence-electron chi connectivity index (χ2n) is 8.07. The Hall–Kier alpha value is -3.36. The number of ketones is 1. The highest BCUT2D eigenvalue weighted by atomic mass is 16.5. The molecule has 1 N–H and O–H groups in total. The minimum Gasteiger partial charge on any atom is -0.872 e. The molecule has 2 heterocycles. The Morgan fingerprint density at radius 1 is 1.06 bits per heavy atom. The van der Waals surface area contributed by atoms with E-state index in [9.17, 15) is 14.7 Å². The van der Waals surface area contributed by atoms with Crippen molar-refractivity contribution < 1.29 is 33.8 Å². The maximum Gasteiger partial charge on any atom is 0.295 e. The summed E-state index contributed by atoms with van der Waals surface area (Å²) in [5, 5.41) is 13.6. The average molecular weight is 453 g/mol. The smallest absolute Gasteiger partial charge is 0.295 e. The topological polar surface area (TPSA) is 92.6 Å². The van der Waals surface area contributed by atoms with Crippen molar-refractivity contribution in [2.75, 3.05) is 53.6 Å². The van der Waals surface area contributed by atoms with Crippen LogP contribution in [-0.2, 0) is 14.3 Å². The molecule has 0 aliphatic carbocycles. The summed E-state index contributed by atoms with van der Waals surface area (Å²) < 4.78 is 16.0. The van der Waals surface area contributed by atoms with E-state index < -0.39 is 23.5 Å². The first kappa shape index (κ1) is 22.8. The van der Waals surface area contributed by atoms with Gasteiger partial charge in [-0.15, -0.1) is 0 Å². The predicted molar refractivity (Wildman–Crippen MR) is 119 cm³/mol. The zero-order valence-corrected chi connectivity index (χ0v) is 18.8. The number of methoxy groups -OCH3 is 2. The van der Waals surface area contributed by atoms with Crippen LogP contribution in [0.4, 0.5) is 0 Å². The highest BCUT2D eigenvalue weighted by Gasteiger charge is 2.44. The third-order valence-corrected chi connectivity index (χ3v) is 6.20. The van der Waals surface area contributed by atoms with E-state index >= 15 is 0 Å². The number of nitrogens with zero attached hydrogens (tertiary/aromatic N) is 1. The van der Waals surface area contributed by atoms with Crippen LogP contribution in [0.1, 0.15) is 17.2 Å². The van der Waals surface area contributed by atoms with Crippen LogP contribution >= 0.6 is 0 Å². The summed E-state index contributed by atoms with van der Waals surface area (Å²) in [6.07, 6.45) is 0. The lowest BCUT2D eigenvalue weighted by molar-refractivity contribution is -0.907. The van der Waals surface area contributed by atoms with Gasteiger partial charge < -0.3 is 29.1 Å². The first-order chi connectivity index (χ1) is 16.0. The van der Waals surface area contributed by atoms with Crippen LogP contribution in [-0.4, -0.2) is 70.2 Å². The van der Waals surface area contributed by atoms with Crippen molar-refractivity contribution in [2.45, 2.75) is 6.04 Å². The standard InChI is InChI=1S/C25H28N2O6/c1-31-19-9-8-18(16-20(19)32-2)23(28)21-22(17-6-4-3-5-7-17)27(25(30)24(21)29)11-10-26-12-14-33-15-13-26/h3-9,16,22,28H,10-15H2,1-2H3/b23-21+. The van der Waals surface area contributed by atoms with Gasteiger partial charge in [-0.25, -0.2) is 0 Å². The Morgan fingerprint density at radius 3 is 2.42 bits per heavy atom. The molecule has 2 aromatic rings. The lowest BCUT2D eigenvalue weighted by Gasteiger charge is -2.30. The van der Waals surface area contributed by atoms with Crippen LogP contribution in [0.5, 0.6) is 11.5 Å². The average Bonchev–Trinajstić information content (AvgIpc) is 3.12. The number of hydrogen-bond acceptors (Lipinski definition) is 6. The van der Waals surface area contributed by atoms with Gasteiger partial charge in [0.15, 0.2) is 11.5 Å². The number of rotatable bonds is 7. The van der Waals surface area contributed by atoms with Gasteiger partial charge in [-0.05, 0) is 23.3 Å². The van der Waals surface area contributed by atoms with Crippen molar-refractivity contribution in [3.63, 3.8) is 0 Å². The molecule has 2 aliphatic rings. The zero-order valence-electron chi connectivity index (χ0n) is 18.8. The van der Waals surface area contributed by atoms with Gasteiger partial charge in [0.1, 0.15) is 13.1 Å². The van der Waals surface area contributed by atoms with E-state index in [1.54, 1.807) is 12.1 Å². The second-order valence-corrected chi connectivity index (χ2v) is 8.07. The van der Waals surface area contributed by atoms with Crippen LogP contribution < -0.4 is 19.5 Å². The molecule has 174 valence electrons. The molecule has 2 aliphatic heterocycles. The Bertz CT molecular complexity index is 1050. The lowest BCUT2D eigenvalue weighted by atomic mass is 9.95. The van der Waals surface area contributed by atoms with Crippen LogP contribution in [0.15, 0.2) is 54.1 Å². The summed E-state index contributed by atoms with van der Waals surface area (Å²) in [6.45, 7) is 4.13. The highest BCUT2D eigenvalue weighted by Crippen LogP contribution is 2.39. The molecule has 1 unspecified atom stereocenters. The molecule has 1 atom stereocenters. The highest BCUT2D eigenvalue weighted by molar-refractivity contribution is 6.46. The molecule has 0 bridgehead atoms. The summed E-state index contributed by atoms with van der Waals surface area (Å²) in [7, 11) is 2.99. The minimum absolute atomic E-state index is 0.0320. The SMILES string of the molecule is COc1ccc(/C([O-])=C2\C(=O)C(=O)N(CC[NH+]3CCOCC3)C2c2ccccc2)cc1OC. The van der Waals surface area contributed by atoms with Crippen LogP contribution in [0.3, 0.4) is 0 Å². The number of hydrogen-bond donors (Lipinski definition) is 1. The third-order valence-electron chi connectivity index (χ3n) is 6.20. The molecule has 2 fully saturated rings. The molecule has 8 heteroatoms. The van der Waals surface area contributed by atoms with Gasteiger partial charge in [0.2, 0.25) is 5.78 Å². The second kappa shape index (κ2) is 10.1. The fourth-order valence-corrected chi connectivity index (χ4v) is 4.40. The van der Waals surface area contributed by atoms with Crippen LogP contribution in [0, 0.1) is 0 Å². The van der Waals surface area contributed by atoms with Gasteiger partial charge in [-0.2, -0.15) is 0 Å². The van der Waals surface area contributed by atoms with E-state index in [2.05, 4.69) is 0 Å². The molecule has 1 amide bonds. The van der Waals surface area contributed by atoms with Gasteiger partial charge in [-0.1, -0.05) is 42.2 Å². The molecule has 0 spiro atoms. The van der Waals surface area contributed by atoms with Gasteiger partial charge in [-0.3, -0.25) is 9.59 Å². The minimum atomic E-state index is -0.749. The fourth-order valence-electron chi connectivity index (χ4n) is 4.40. The number of carbonyl (C=O) groups is 2. The molecular formula is C25H28N2O6. The third kappa shape index (κ3) is 4.58. The van der Waals surface area contributed by atoms with E-state index in [-0.39, 0.29) is 11.1 Å². The summed E-state index contributed by atoms with van der Waals surface area (Å²) in [4.78, 5) is 29.0. The molecule has 0 aromatic heterocycles. The van der Waals surface area contributed by atoms with Crippen molar-refractivity contribution in [1.29, 1.82) is 0 Å². The zero-order chi connectivity index (χ0) is 23.4. The number of morpholine rings is 1. The molecule has 0 saturated carbocycles. The van der Waals surface area contributed by atoms with E-state index in [1.165, 1.54) is 30.1 Å². The van der Waals surface area contributed by atoms with Crippen LogP contribution in [0.2, 0.25) is 0 Å². The number of benzene rings is 2. The Kier molecular flexibility index (Phi) is 6.96. The number of nitrogens with one attached hydrogen (secondary N) is 1. The van der Waals surface area contributed by atoms with Crippen molar-refractivity contribution >= 4 is 17.4 Å². The molecule has 2 aromatic carbocycles. The van der Waals surface area contributed by atoms with Crippen molar-refractivity contribution in [2.24, 2.45) is 0 Å². The monoisotopic (exact) mass is 452 g/mol. The number of carbonyl (C=O) groups excluding carboxylic acids is 2. The predicted octanol–water partition coefficient (Wildman–Crippen LogP) is -0.157. The molecule has 33 heavy (non-hydrogen) atoms. The van der Waals surface area contributed by atoms with Crippen molar-refractivity contribution in [1.82, 2.24) is 4.90 Å². The molecule has 0 radical (unpaired) electrons. The first-order valence-electron chi connectivity index (χ1n) is 11.0. The van der Waals surface area contributed by atoms with Crippen molar-refractivity contribution in [3.8, 4) is 11.5 Å². The van der Waals surface area contributed by atoms with E-state index in [0.29, 0.717) is 37.8 Å². The van der Waals surface area contributed by atoms with Gasteiger partial charge in [0.05, 0.1) is 46.6 Å². The van der Waals surface area contributed by atoms with E-state index in [1.807, 2.05) is 30.3 Å². The Labute approximate surface area is 193 Å². The van der Waals surface area contributed by atoms with Gasteiger partial charge in [0, 0.05) is 5.57 Å². The quantitative estimate of drug-likeness (QED) is 0.357. The molecule has 8 nitrogen and oxygen atoms in total. The molecular weight excluding hydrogens is 424 g/mol. The molecule has 4 rings (SSSR count). The Balaban J connectivity index is 1.73. The number of Topliss-reactive ketones (excluding diaryl/α,β-unsaturated/α-hetero) is 1. The molecule has 2 saturated heterocycles. The van der Waals surface area contributed by atoms with Gasteiger partial charge in [0.25, 0.3) is 5.91 Å². The van der Waals surface area contributed by atoms with Gasteiger partial charge >= 0.3 is 0 Å². The fraction of sp³-hybridized carbons (Fsp3) is 0.360. The van der Waals surface area contributed by atoms with E-state index in [0.717, 1.165) is 18.7 Å². The summed E-state index contributed by atoms with van der Waals surface area (Å²) in [6, 6.07) is 13.2. The normalized spacial score (nSPS) is 20.8. The maximum absolute atomic E-state index is 13.6.